The topological polar surface area (TPSA) is 71.7 Å². The van der Waals surface area contributed by atoms with E-state index in [1.807, 2.05) is 13.8 Å². The minimum Gasteiger partial charge on any atom is -0.379 e. The molecule has 3 heterocycles. The van der Waals surface area contributed by atoms with Crippen molar-refractivity contribution in [1.82, 2.24) is 9.88 Å². The molecular weight excluding hydrogens is 296 g/mol. The predicted octanol–water partition coefficient (Wildman–Crippen LogP) is 2.32. The summed E-state index contributed by atoms with van der Waals surface area (Å²) in [6.45, 7) is 9.69. The first-order valence-electron chi connectivity index (χ1n) is 8.41. The molecule has 0 unspecified atom stereocenters. The van der Waals surface area contributed by atoms with E-state index < -0.39 is 4.92 Å². The van der Waals surface area contributed by atoms with Gasteiger partial charge in [-0.1, -0.05) is 13.8 Å². The van der Waals surface area contributed by atoms with Crippen LogP contribution in [0.2, 0.25) is 0 Å². The first-order valence-corrected chi connectivity index (χ1v) is 8.41. The summed E-state index contributed by atoms with van der Waals surface area (Å²) in [6.07, 6.45) is 3.85. The van der Waals surface area contributed by atoms with E-state index in [2.05, 4.69) is 14.8 Å². The monoisotopic (exact) mass is 322 g/mol. The molecule has 0 bridgehead atoms. The van der Waals surface area contributed by atoms with E-state index in [0.29, 0.717) is 6.04 Å². The Hall–Kier alpha value is -1.73. The van der Waals surface area contributed by atoms with Gasteiger partial charge in [0.05, 0.1) is 18.9 Å². The van der Waals surface area contributed by atoms with Crippen LogP contribution in [0.3, 0.4) is 0 Å². The van der Waals surface area contributed by atoms with E-state index in [-0.39, 0.29) is 5.82 Å². The van der Waals surface area contributed by atoms with Gasteiger partial charge in [0.25, 0.3) is 0 Å². The van der Waals surface area contributed by atoms with Gasteiger partial charge in [0.15, 0.2) is 6.20 Å². The van der Waals surface area contributed by atoms with Gasteiger partial charge < -0.3 is 19.8 Å². The van der Waals surface area contributed by atoms with E-state index in [4.69, 9.17) is 4.74 Å². The fourth-order valence-electron chi connectivity index (χ4n) is 3.11. The summed E-state index contributed by atoms with van der Waals surface area (Å²) in [5, 5.41) is 10.6. The molecule has 0 aliphatic carbocycles. The lowest BCUT2D eigenvalue weighted by molar-refractivity contribution is -0.389. The number of pyridine rings is 1. The van der Waals surface area contributed by atoms with Crippen LogP contribution in [-0.4, -0.2) is 60.2 Å². The standard InChI is InChI=1S/C14H20N4O3.C2H6/c19-18(20)14-2-1-13(11-15-14)16-5-3-12(4-6-16)17-7-9-21-10-8-17;1-2/h1-2,11-12H,3-10H2;1-2H3. The smallest absolute Gasteiger partial charge is 0.363 e. The Bertz CT molecular complexity index is 481. The third kappa shape index (κ3) is 4.62. The van der Waals surface area contributed by atoms with E-state index in [1.165, 1.54) is 6.07 Å². The predicted molar refractivity (Wildman–Crippen MR) is 89.9 cm³/mol. The van der Waals surface area contributed by atoms with Crippen LogP contribution >= 0.6 is 0 Å². The maximum Gasteiger partial charge on any atom is 0.363 e. The molecule has 7 heteroatoms. The van der Waals surface area contributed by atoms with Crippen LogP contribution in [0.5, 0.6) is 0 Å². The van der Waals surface area contributed by atoms with Crippen LogP contribution in [0.15, 0.2) is 18.3 Å². The quantitative estimate of drug-likeness (QED) is 0.628. The van der Waals surface area contributed by atoms with Gasteiger partial charge in [-0.2, -0.15) is 0 Å². The van der Waals surface area contributed by atoms with Gasteiger partial charge in [0.1, 0.15) is 0 Å². The minimum absolute atomic E-state index is 0.0954. The number of ether oxygens (including phenoxy) is 1. The molecule has 3 rings (SSSR count). The van der Waals surface area contributed by atoms with Gasteiger partial charge in [-0.05, 0) is 28.8 Å². The van der Waals surface area contributed by atoms with E-state index in [0.717, 1.165) is 57.9 Å². The molecule has 1 aromatic heterocycles. The highest BCUT2D eigenvalue weighted by Crippen LogP contribution is 2.23. The summed E-state index contributed by atoms with van der Waals surface area (Å²) in [7, 11) is 0. The van der Waals surface area contributed by atoms with Gasteiger partial charge in [-0.3, -0.25) is 4.90 Å². The first-order chi connectivity index (χ1) is 11.2. The molecule has 0 amide bonds. The lowest BCUT2D eigenvalue weighted by Crippen LogP contribution is -2.49. The number of rotatable bonds is 3. The van der Waals surface area contributed by atoms with E-state index in [1.54, 1.807) is 12.3 Å². The molecule has 23 heavy (non-hydrogen) atoms. The Morgan fingerprint density at radius 2 is 1.83 bits per heavy atom. The molecule has 2 aliphatic heterocycles. The van der Waals surface area contributed by atoms with E-state index >= 15 is 0 Å². The number of piperidine rings is 1. The average molecular weight is 322 g/mol. The average Bonchev–Trinajstić information content (AvgIpc) is 2.64. The summed E-state index contributed by atoms with van der Waals surface area (Å²) in [5.74, 6) is -0.0954. The third-order valence-corrected chi connectivity index (χ3v) is 4.31. The summed E-state index contributed by atoms with van der Waals surface area (Å²) in [6, 6.07) is 3.90. The summed E-state index contributed by atoms with van der Waals surface area (Å²) in [4.78, 5) is 18.8. The Morgan fingerprint density at radius 3 is 2.35 bits per heavy atom. The molecule has 2 saturated heterocycles. The Morgan fingerprint density at radius 1 is 1.17 bits per heavy atom. The number of morpholine rings is 1. The van der Waals surface area contributed by atoms with Crippen molar-refractivity contribution >= 4 is 11.5 Å². The van der Waals surface area contributed by atoms with Gasteiger partial charge >= 0.3 is 5.82 Å². The van der Waals surface area contributed by atoms with Crippen molar-refractivity contribution in [2.45, 2.75) is 32.7 Å². The number of aromatic nitrogens is 1. The van der Waals surface area contributed by atoms with Crippen molar-refractivity contribution < 1.29 is 9.66 Å². The molecule has 0 atom stereocenters. The lowest BCUT2D eigenvalue weighted by atomic mass is 10.0. The lowest BCUT2D eigenvalue weighted by Gasteiger charge is -2.40. The Balaban J connectivity index is 0.000000924. The molecule has 0 spiro atoms. The second-order valence-electron chi connectivity index (χ2n) is 5.50. The van der Waals surface area contributed by atoms with Crippen LogP contribution in [-0.2, 0) is 4.74 Å². The number of anilines is 1. The van der Waals surface area contributed by atoms with Gasteiger partial charge in [0.2, 0.25) is 0 Å². The number of nitro groups is 1. The molecule has 2 fully saturated rings. The van der Waals surface area contributed by atoms with Gasteiger partial charge in [0, 0.05) is 38.3 Å². The number of hydrogen-bond donors (Lipinski definition) is 0. The van der Waals surface area contributed by atoms with Crippen LogP contribution in [0, 0.1) is 10.1 Å². The molecular formula is C16H26N4O3. The van der Waals surface area contributed by atoms with E-state index in [9.17, 15) is 10.1 Å². The largest absolute Gasteiger partial charge is 0.379 e. The fraction of sp³-hybridized carbons (Fsp3) is 0.688. The molecule has 2 aliphatic rings. The zero-order chi connectivity index (χ0) is 16.7. The third-order valence-electron chi connectivity index (χ3n) is 4.31. The zero-order valence-corrected chi connectivity index (χ0v) is 14.0. The maximum atomic E-state index is 10.6. The molecule has 7 nitrogen and oxygen atoms in total. The zero-order valence-electron chi connectivity index (χ0n) is 14.0. The summed E-state index contributed by atoms with van der Waals surface area (Å²) < 4.78 is 5.40. The van der Waals surface area contributed by atoms with Crippen LogP contribution in [0.4, 0.5) is 11.5 Å². The maximum absolute atomic E-state index is 10.6. The second-order valence-corrected chi connectivity index (χ2v) is 5.50. The van der Waals surface area contributed by atoms with Crippen molar-refractivity contribution in [2.24, 2.45) is 0 Å². The van der Waals surface area contributed by atoms with Crippen molar-refractivity contribution in [1.29, 1.82) is 0 Å². The van der Waals surface area contributed by atoms with Crippen molar-refractivity contribution in [2.75, 3.05) is 44.3 Å². The highest BCUT2D eigenvalue weighted by molar-refractivity contribution is 5.46. The van der Waals surface area contributed by atoms with Gasteiger partial charge in [-0.25, -0.2) is 0 Å². The van der Waals surface area contributed by atoms with Crippen LogP contribution < -0.4 is 4.90 Å². The fourth-order valence-corrected chi connectivity index (χ4v) is 3.11. The second kappa shape index (κ2) is 8.79. The minimum atomic E-state index is -0.464. The summed E-state index contributed by atoms with van der Waals surface area (Å²) >= 11 is 0. The van der Waals surface area contributed by atoms with Crippen molar-refractivity contribution in [3.05, 3.63) is 28.4 Å². The highest BCUT2D eigenvalue weighted by Gasteiger charge is 2.26. The van der Waals surface area contributed by atoms with Gasteiger partial charge in [-0.15, -0.1) is 0 Å². The molecule has 0 N–H and O–H groups in total. The van der Waals surface area contributed by atoms with Crippen LogP contribution in [0.25, 0.3) is 0 Å². The molecule has 128 valence electrons. The van der Waals surface area contributed by atoms with Crippen LogP contribution in [0.1, 0.15) is 26.7 Å². The van der Waals surface area contributed by atoms with Crippen molar-refractivity contribution in [3.8, 4) is 0 Å². The summed E-state index contributed by atoms with van der Waals surface area (Å²) in [5.41, 5.74) is 0.973. The Kier molecular flexibility index (Phi) is 6.73. The molecule has 1 aromatic rings. The molecule has 0 aromatic carbocycles. The first kappa shape index (κ1) is 17.6. The highest BCUT2D eigenvalue weighted by atomic mass is 16.6. The number of hydrogen-bond acceptors (Lipinski definition) is 6. The van der Waals surface area contributed by atoms with Crippen molar-refractivity contribution in [3.63, 3.8) is 0 Å². The normalized spacial score (nSPS) is 19.8. The Labute approximate surface area is 137 Å². The molecule has 0 saturated carbocycles. The SMILES string of the molecule is CC.O=[N+]([O-])c1ccc(N2CCC(N3CCOCC3)CC2)cn1. The molecule has 0 radical (unpaired) electrons. The number of nitrogens with zero attached hydrogens (tertiary/aromatic N) is 4.